The number of nitrogens with zero attached hydrogens (tertiary/aromatic N) is 2. The van der Waals surface area contributed by atoms with Crippen molar-refractivity contribution in [2.45, 2.75) is 27.3 Å². The van der Waals surface area contributed by atoms with E-state index in [0.717, 1.165) is 16.7 Å². The summed E-state index contributed by atoms with van der Waals surface area (Å²) in [4.78, 5) is 14.8. The molecule has 0 atom stereocenters. The third kappa shape index (κ3) is 3.17. The second-order valence-corrected chi connectivity index (χ2v) is 4.93. The number of pyridine rings is 1. The van der Waals surface area contributed by atoms with Crippen LogP contribution < -0.4 is 10.5 Å². The maximum absolute atomic E-state index is 11.0. The summed E-state index contributed by atoms with van der Waals surface area (Å²) in [5, 5.41) is 11.0. The molecule has 21 heavy (non-hydrogen) atoms. The minimum atomic E-state index is -0.417. The van der Waals surface area contributed by atoms with Crippen LogP contribution in [0.25, 0.3) is 0 Å². The zero-order valence-electron chi connectivity index (χ0n) is 12.2. The monoisotopic (exact) mass is 287 g/mol. The molecule has 0 fully saturated rings. The van der Waals surface area contributed by atoms with Crippen molar-refractivity contribution < 1.29 is 9.66 Å². The fourth-order valence-electron chi connectivity index (χ4n) is 2.07. The summed E-state index contributed by atoms with van der Waals surface area (Å²) in [6.07, 6.45) is 1.64. The second kappa shape index (κ2) is 5.88. The largest absolute Gasteiger partial charge is 0.438 e. The SMILES string of the molecule is Cc1cc(C)c([N+](=O)[O-])cc1Oc1ncc(CN)cc1C. The smallest absolute Gasteiger partial charge is 0.276 e. The van der Waals surface area contributed by atoms with Gasteiger partial charge in [-0.05, 0) is 44.0 Å². The summed E-state index contributed by atoms with van der Waals surface area (Å²) >= 11 is 0. The van der Waals surface area contributed by atoms with Gasteiger partial charge in [0.2, 0.25) is 5.88 Å². The minimum Gasteiger partial charge on any atom is -0.438 e. The molecule has 0 spiro atoms. The molecule has 0 amide bonds. The average molecular weight is 287 g/mol. The van der Waals surface area contributed by atoms with Gasteiger partial charge in [0.1, 0.15) is 5.75 Å². The Kier molecular flexibility index (Phi) is 4.18. The molecule has 2 aromatic rings. The Morgan fingerprint density at radius 3 is 2.48 bits per heavy atom. The van der Waals surface area contributed by atoms with E-state index >= 15 is 0 Å². The third-order valence-corrected chi connectivity index (χ3v) is 3.22. The third-order valence-electron chi connectivity index (χ3n) is 3.22. The van der Waals surface area contributed by atoms with Crippen LogP contribution >= 0.6 is 0 Å². The molecule has 2 N–H and O–H groups in total. The molecule has 1 heterocycles. The molecule has 0 radical (unpaired) electrons. The molecule has 0 unspecified atom stereocenters. The fourth-order valence-corrected chi connectivity index (χ4v) is 2.07. The van der Waals surface area contributed by atoms with Gasteiger partial charge < -0.3 is 10.5 Å². The van der Waals surface area contributed by atoms with E-state index < -0.39 is 4.92 Å². The second-order valence-electron chi connectivity index (χ2n) is 4.93. The molecule has 6 nitrogen and oxygen atoms in total. The van der Waals surface area contributed by atoms with Gasteiger partial charge in [-0.2, -0.15) is 0 Å². The van der Waals surface area contributed by atoms with Crippen LogP contribution in [0.5, 0.6) is 11.6 Å². The summed E-state index contributed by atoms with van der Waals surface area (Å²) in [5.74, 6) is 0.858. The number of nitro benzene ring substituents is 1. The Balaban J connectivity index is 2.39. The Morgan fingerprint density at radius 1 is 1.19 bits per heavy atom. The number of rotatable bonds is 4. The molecule has 1 aromatic carbocycles. The summed E-state index contributed by atoms with van der Waals surface area (Å²) in [6.45, 7) is 5.81. The maximum Gasteiger partial charge on any atom is 0.276 e. The molecular weight excluding hydrogens is 270 g/mol. The lowest BCUT2D eigenvalue weighted by Crippen LogP contribution is -2.00. The first kappa shape index (κ1) is 14.9. The van der Waals surface area contributed by atoms with Crippen molar-refractivity contribution in [1.29, 1.82) is 0 Å². The molecule has 6 heteroatoms. The Labute approximate surface area is 122 Å². The number of nitro groups is 1. The average Bonchev–Trinajstić information content (AvgIpc) is 2.43. The molecule has 0 bridgehead atoms. The van der Waals surface area contributed by atoms with Gasteiger partial charge >= 0.3 is 0 Å². The highest BCUT2D eigenvalue weighted by Crippen LogP contribution is 2.32. The number of aromatic nitrogens is 1. The number of ether oxygens (including phenoxy) is 1. The summed E-state index contributed by atoms with van der Waals surface area (Å²) in [6, 6.07) is 5.06. The quantitative estimate of drug-likeness (QED) is 0.688. The fraction of sp³-hybridized carbons (Fsp3) is 0.267. The zero-order valence-corrected chi connectivity index (χ0v) is 12.2. The van der Waals surface area contributed by atoms with Crippen molar-refractivity contribution in [1.82, 2.24) is 4.98 Å². The van der Waals surface area contributed by atoms with E-state index in [-0.39, 0.29) is 5.69 Å². The number of nitrogens with two attached hydrogens (primary N) is 1. The highest BCUT2D eigenvalue weighted by molar-refractivity contribution is 5.51. The lowest BCUT2D eigenvalue weighted by atomic mass is 10.1. The highest BCUT2D eigenvalue weighted by atomic mass is 16.6. The van der Waals surface area contributed by atoms with Crippen molar-refractivity contribution >= 4 is 5.69 Å². The molecule has 0 saturated carbocycles. The topological polar surface area (TPSA) is 91.3 Å². The van der Waals surface area contributed by atoms with E-state index in [4.69, 9.17) is 10.5 Å². The van der Waals surface area contributed by atoms with E-state index in [1.54, 1.807) is 19.2 Å². The van der Waals surface area contributed by atoms with Crippen molar-refractivity contribution in [2.24, 2.45) is 5.73 Å². The van der Waals surface area contributed by atoms with E-state index in [0.29, 0.717) is 23.7 Å². The van der Waals surface area contributed by atoms with E-state index in [9.17, 15) is 10.1 Å². The van der Waals surface area contributed by atoms with Gasteiger partial charge in [-0.1, -0.05) is 0 Å². The van der Waals surface area contributed by atoms with Gasteiger partial charge in [0.25, 0.3) is 5.69 Å². The summed E-state index contributed by atoms with van der Waals surface area (Å²) in [5.41, 5.74) is 8.76. The molecular formula is C15H17N3O3. The number of benzene rings is 1. The molecule has 0 aliphatic carbocycles. The first-order chi connectivity index (χ1) is 9.92. The van der Waals surface area contributed by atoms with Crippen LogP contribution in [-0.2, 0) is 6.54 Å². The molecule has 0 aliphatic rings. The summed E-state index contributed by atoms with van der Waals surface area (Å²) < 4.78 is 5.73. The molecule has 1 aromatic heterocycles. The van der Waals surface area contributed by atoms with Gasteiger partial charge in [-0.3, -0.25) is 10.1 Å². The minimum absolute atomic E-state index is 0.0341. The van der Waals surface area contributed by atoms with Crippen LogP contribution in [0.4, 0.5) is 5.69 Å². The van der Waals surface area contributed by atoms with Crippen molar-refractivity contribution in [3.63, 3.8) is 0 Å². The molecule has 2 rings (SSSR count). The van der Waals surface area contributed by atoms with E-state index in [1.165, 1.54) is 6.07 Å². The normalized spacial score (nSPS) is 10.5. The van der Waals surface area contributed by atoms with Crippen molar-refractivity contribution in [2.75, 3.05) is 0 Å². The van der Waals surface area contributed by atoms with Crippen molar-refractivity contribution in [3.05, 3.63) is 56.8 Å². The Bertz CT molecular complexity index is 699. The highest BCUT2D eigenvalue weighted by Gasteiger charge is 2.16. The van der Waals surface area contributed by atoms with Gasteiger partial charge in [0.05, 0.1) is 11.0 Å². The van der Waals surface area contributed by atoms with Crippen LogP contribution in [0.2, 0.25) is 0 Å². The molecule has 0 saturated heterocycles. The van der Waals surface area contributed by atoms with Gasteiger partial charge in [0, 0.05) is 23.9 Å². The van der Waals surface area contributed by atoms with Gasteiger partial charge in [-0.25, -0.2) is 4.98 Å². The van der Waals surface area contributed by atoms with Crippen molar-refractivity contribution in [3.8, 4) is 11.6 Å². The van der Waals surface area contributed by atoms with Crippen LogP contribution in [0.3, 0.4) is 0 Å². The number of aryl methyl sites for hydroxylation is 3. The summed E-state index contributed by atoms with van der Waals surface area (Å²) in [7, 11) is 0. The van der Waals surface area contributed by atoms with Gasteiger partial charge in [-0.15, -0.1) is 0 Å². The van der Waals surface area contributed by atoms with Crippen LogP contribution in [0.1, 0.15) is 22.3 Å². The molecule has 110 valence electrons. The maximum atomic E-state index is 11.0. The predicted molar refractivity (Wildman–Crippen MR) is 79.5 cm³/mol. The lowest BCUT2D eigenvalue weighted by Gasteiger charge is -2.11. The van der Waals surface area contributed by atoms with E-state index in [2.05, 4.69) is 4.98 Å². The number of hydrogen-bond acceptors (Lipinski definition) is 5. The number of hydrogen-bond donors (Lipinski definition) is 1. The first-order valence-electron chi connectivity index (χ1n) is 6.51. The Morgan fingerprint density at radius 2 is 1.90 bits per heavy atom. The first-order valence-corrected chi connectivity index (χ1v) is 6.51. The lowest BCUT2D eigenvalue weighted by molar-refractivity contribution is -0.385. The van der Waals surface area contributed by atoms with E-state index in [1.807, 2.05) is 19.9 Å². The zero-order chi connectivity index (χ0) is 15.6. The standard InChI is InChI=1S/C15H17N3O3/c1-9-4-10(2)14(6-13(9)18(19)20)21-15-11(3)5-12(7-16)8-17-15/h4-6,8H,7,16H2,1-3H3. The Hall–Kier alpha value is -2.47. The van der Waals surface area contributed by atoms with Gasteiger partial charge in [0.15, 0.2) is 0 Å². The molecule has 0 aliphatic heterocycles. The van der Waals surface area contributed by atoms with Crippen LogP contribution in [0, 0.1) is 30.9 Å². The van der Waals surface area contributed by atoms with Crippen LogP contribution in [-0.4, -0.2) is 9.91 Å². The predicted octanol–water partition coefficient (Wildman–Crippen LogP) is 3.17. The van der Waals surface area contributed by atoms with Crippen LogP contribution in [0.15, 0.2) is 24.4 Å².